The second kappa shape index (κ2) is 6.79. The molecular formula is C19H17F2NO3S. The molecular weight excluding hydrogens is 360 g/mol. The van der Waals surface area contributed by atoms with E-state index < -0.39 is 17.4 Å². The summed E-state index contributed by atoms with van der Waals surface area (Å²) in [4.78, 5) is 12.6. The second-order valence-electron chi connectivity index (χ2n) is 6.40. The fourth-order valence-electron chi connectivity index (χ4n) is 3.20. The van der Waals surface area contributed by atoms with Crippen molar-refractivity contribution in [2.24, 2.45) is 0 Å². The van der Waals surface area contributed by atoms with Gasteiger partial charge >= 0.3 is 0 Å². The molecule has 2 aliphatic rings. The first-order chi connectivity index (χ1) is 12.5. The Hall–Kier alpha value is -2.28. The normalized spacial score (nSPS) is 16.8. The van der Waals surface area contributed by atoms with Gasteiger partial charge in [0.2, 0.25) is 5.91 Å². The van der Waals surface area contributed by atoms with Crippen LogP contribution in [0.1, 0.15) is 25.7 Å². The number of thioether (sulfide) groups is 1. The zero-order valence-electron chi connectivity index (χ0n) is 13.9. The Bertz CT molecular complexity index is 853. The monoisotopic (exact) mass is 377 g/mol. The number of rotatable bonds is 4. The maximum absolute atomic E-state index is 13.2. The topological polar surface area (TPSA) is 47.6 Å². The van der Waals surface area contributed by atoms with Gasteiger partial charge in [-0.25, -0.2) is 8.78 Å². The van der Waals surface area contributed by atoms with Crippen molar-refractivity contribution in [1.29, 1.82) is 0 Å². The van der Waals surface area contributed by atoms with E-state index in [9.17, 15) is 13.6 Å². The molecule has 1 fully saturated rings. The van der Waals surface area contributed by atoms with Gasteiger partial charge in [-0.2, -0.15) is 0 Å². The predicted octanol–water partition coefficient (Wildman–Crippen LogP) is 4.74. The van der Waals surface area contributed by atoms with Gasteiger partial charge in [-0.15, -0.1) is 11.8 Å². The van der Waals surface area contributed by atoms with E-state index in [1.54, 1.807) is 18.2 Å². The number of carbonyl (C=O) groups excluding carboxylic acids is 1. The van der Waals surface area contributed by atoms with E-state index in [2.05, 4.69) is 5.32 Å². The first kappa shape index (κ1) is 17.1. The molecule has 4 rings (SSSR count). The molecule has 1 N–H and O–H groups in total. The van der Waals surface area contributed by atoms with Crippen LogP contribution in [-0.2, 0) is 4.79 Å². The van der Waals surface area contributed by atoms with Gasteiger partial charge in [0.05, 0.1) is 5.75 Å². The lowest BCUT2D eigenvalue weighted by Gasteiger charge is -2.21. The van der Waals surface area contributed by atoms with Crippen LogP contribution in [0.15, 0.2) is 41.3 Å². The third-order valence-corrected chi connectivity index (χ3v) is 5.44. The van der Waals surface area contributed by atoms with Crippen molar-refractivity contribution in [2.75, 3.05) is 11.1 Å². The minimum atomic E-state index is -0.924. The highest BCUT2D eigenvalue weighted by Crippen LogP contribution is 2.47. The Kier molecular flexibility index (Phi) is 4.48. The van der Waals surface area contributed by atoms with Crippen LogP contribution in [0.25, 0.3) is 0 Å². The largest absolute Gasteiger partial charge is 0.448 e. The summed E-state index contributed by atoms with van der Waals surface area (Å²) in [6.07, 6.45) is 3.90. The average molecular weight is 377 g/mol. The molecule has 1 aliphatic heterocycles. The quantitative estimate of drug-likeness (QED) is 0.782. The zero-order valence-corrected chi connectivity index (χ0v) is 14.7. The Morgan fingerprint density at radius 3 is 2.58 bits per heavy atom. The first-order valence-corrected chi connectivity index (χ1v) is 9.41. The number of carbonyl (C=O) groups is 1. The third kappa shape index (κ3) is 3.49. The molecule has 1 saturated carbocycles. The van der Waals surface area contributed by atoms with Crippen molar-refractivity contribution < 1.29 is 23.0 Å². The van der Waals surface area contributed by atoms with Crippen molar-refractivity contribution in [2.45, 2.75) is 36.4 Å². The van der Waals surface area contributed by atoms with Crippen LogP contribution in [0.3, 0.4) is 0 Å². The Morgan fingerprint density at radius 2 is 1.81 bits per heavy atom. The molecule has 0 saturated heterocycles. The second-order valence-corrected chi connectivity index (χ2v) is 7.44. The predicted molar refractivity (Wildman–Crippen MR) is 94.6 cm³/mol. The number of fused-ring (bicyclic) bond motifs is 1. The molecule has 26 heavy (non-hydrogen) atoms. The Labute approximate surface area is 153 Å². The summed E-state index contributed by atoms with van der Waals surface area (Å²) < 4.78 is 38.0. The summed E-state index contributed by atoms with van der Waals surface area (Å²) in [6, 6.07) is 8.87. The fourth-order valence-corrected chi connectivity index (χ4v) is 3.92. The number of anilines is 1. The number of amides is 1. The molecule has 4 nitrogen and oxygen atoms in total. The van der Waals surface area contributed by atoms with Gasteiger partial charge in [0.25, 0.3) is 5.79 Å². The van der Waals surface area contributed by atoms with Crippen LogP contribution >= 0.6 is 11.8 Å². The van der Waals surface area contributed by atoms with Gasteiger partial charge in [-0.05, 0) is 43.2 Å². The standard InChI is InChI=1S/C19H17F2NO3S/c20-14-5-4-13(10-15(14)21)26-11-18(23)22-12-3-6-16-17(9-12)25-19(24-16)7-1-2-8-19/h3-6,9-10H,1-2,7-8,11H2,(H,22,23). The van der Waals surface area contributed by atoms with Crippen molar-refractivity contribution >= 4 is 23.4 Å². The number of hydrogen-bond acceptors (Lipinski definition) is 4. The number of benzene rings is 2. The Balaban J connectivity index is 1.36. The summed E-state index contributed by atoms with van der Waals surface area (Å²) in [5, 5.41) is 2.78. The smallest absolute Gasteiger partial charge is 0.251 e. The maximum Gasteiger partial charge on any atom is 0.251 e. The van der Waals surface area contributed by atoms with Crippen LogP contribution < -0.4 is 14.8 Å². The van der Waals surface area contributed by atoms with E-state index in [-0.39, 0.29) is 11.7 Å². The third-order valence-electron chi connectivity index (χ3n) is 4.45. The highest BCUT2D eigenvalue weighted by Gasteiger charge is 2.44. The fraction of sp³-hybridized carbons (Fsp3) is 0.316. The highest BCUT2D eigenvalue weighted by molar-refractivity contribution is 8.00. The van der Waals surface area contributed by atoms with Crippen LogP contribution in [0.2, 0.25) is 0 Å². The lowest BCUT2D eigenvalue weighted by atomic mass is 10.2. The average Bonchev–Trinajstić information content (AvgIpc) is 3.21. The molecule has 2 aromatic carbocycles. The summed E-state index contributed by atoms with van der Waals surface area (Å²) in [7, 11) is 0. The maximum atomic E-state index is 13.2. The molecule has 0 atom stereocenters. The van der Waals surface area contributed by atoms with Gasteiger partial charge in [0, 0.05) is 29.5 Å². The summed E-state index contributed by atoms with van der Waals surface area (Å²) in [5.74, 6) is -1.18. The molecule has 0 aromatic heterocycles. The molecule has 1 spiro atoms. The molecule has 1 aliphatic carbocycles. The van der Waals surface area contributed by atoms with Gasteiger partial charge in [-0.3, -0.25) is 4.79 Å². The SMILES string of the molecule is O=C(CSc1ccc(F)c(F)c1)Nc1ccc2c(c1)OC1(CCCC1)O2. The molecule has 1 heterocycles. The summed E-state index contributed by atoms with van der Waals surface area (Å²) >= 11 is 1.14. The van der Waals surface area contributed by atoms with Gasteiger partial charge < -0.3 is 14.8 Å². The van der Waals surface area contributed by atoms with Crippen molar-refractivity contribution in [3.05, 3.63) is 48.0 Å². The lowest BCUT2D eigenvalue weighted by molar-refractivity contribution is -0.113. The first-order valence-electron chi connectivity index (χ1n) is 8.43. The van der Waals surface area contributed by atoms with Crippen molar-refractivity contribution in [3.8, 4) is 11.5 Å². The molecule has 0 unspecified atom stereocenters. The number of halogens is 2. The molecule has 0 bridgehead atoms. The molecule has 7 heteroatoms. The summed E-state index contributed by atoms with van der Waals surface area (Å²) in [6.45, 7) is 0. The molecule has 0 radical (unpaired) electrons. The van der Waals surface area contributed by atoms with E-state index >= 15 is 0 Å². The van der Waals surface area contributed by atoms with Crippen LogP contribution in [0, 0.1) is 11.6 Å². The lowest BCUT2D eigenvalue weighted by Crippen LogP contribution is -2.34. The van der Waals surface area contributed by atoms with E-state index in [4.69, 9.17) is 9.47 Å². The van der Waals surface area contributed by atoms with Crippen LogP contribution in [-0.4, -0.2) is 17.4 Å². The van der Waals surface area contributed by atoms with Crippen molar-refractivity contribution in [3.63, 3.8) is 0 Å². The highest BCUT2D eigenvalue weighted by atomic mass is 32.2. The van der Waals surface area contributed by atoms with Crippen molar-refractivity contribution in [1.82, 2.24) is 0 Å². The van der Waals surface area contributed by atoms with Crippen LogP contribution in [0.4, 0.5) is 14.5 Å². The van der Waals surface area contributed by atoms with E-state index in [0.29, 0.717) is 22.1 Å². The van der Waals surface area contributed by atoms with Gasteiger partial charge in [0.15, 0.2) is 23.1 Å². The van der Waals surface area contributed by atoms with Gasteiger partial charge in [0.1, 0.15) is 0 Å². The van der Waals surface area contributed by atoms with E-state index in [0.717, 1.165) is 49.6 Å². The number of ether oxygens (including phenoxy) is 2. The van der Waals surface area contributed by atoms with E-state index in [1.807, 2.05) is 0 Å². The summed E-state index contributed by atoms with van der Waals surface area (Å²) in [5.41, 5.74) is 0.610. The number of nitrogens with one attached hydrogen (secondary N) is 1. The van der Waals surface area contributed by atoms with Gasteiger partial charge in [-0.1, -0.05) is 0 Å². The minimum absolute atomic E-state index is 0.0868. The zero-order chi connectivity index (χ0) is 18.1. The minimum Gasteiger partial charge on any atom is -0.448 e. The molecule has 136 valence electrons. The van der Waals surface area contributed by atoms with E-state index in [1.165, 1.54) is 6.07 Å². The number of hydrogen-bond donors (Lipinski definition) is 1. The molecule has 1 amide bonds. The van der Waals surface area contributed by atoms with Crippen LogP contribution in [0.5, 0.6) is 11.5 Å². The molecule has 2 aromatic rings. The Morgan fingerprint density at radius 1 is 1.04 bits per heavy atom.